The van der Waals surface area contributed by atoms with Crippen molar-refractivity contribution in [3.8, 4) is 5.75 Å². The lowest BCUT2D eigenvalue weighted by Crippen LogP contribution is -2.46. The van der Waals surface area contributed by atoms with Gasteiger partial charge in [-0.05, 0) is 45.9 Å². The topological polar surface area (TPSA) is 76.5 Å². The third-order valence-corrected chi connectivity index (χ3v) is 4.59. The van der Waals surface area contributed by atoms with Gasteiger partial charge in [-0.25, -0.2) is 0 Å². The Balaban J connectivity index is 1.57. The molecule has 1 aliphatic rings. The molecular formula is C20H26N4O3. The highest BCUT2D eigenvalue weighted by molar-refractivity contribution is 6.00. The maximum absolute atomic E-state index is 12.5. The summed E-state index contributed by atoms with van der Waals surface area (Å²) in [6.07, 6.45) is -0.318. The smallest absolute Gasteiger partial charge is 0.267 e. The lowest BCUT2D eigenvalue weighted by molar-refractivity contribution is -0.125. The third-order valence-electron chi connectivity index (χ3n) is 4.59. The van der Waals surface area contributed by atoms with Crippen LogP contribution in [0.1, 0.15) is 31.7 Å². The Labute approximate surface area is 159 Å². The van der Waals surface area contributed by atoms with Gasteiger partial charge in [0.1, 0.15) is 5.75 Å². The number of hydrogen-bond donors (Lipinski definition) is 1. The molecule has 0 bridgehead atoms. The van der Waals surface area contributed by atoms with Gasteiger partial charge in [-0.2, -0.15) is 5.10 Å². The van der Waals surface area contributed by atoms with Crippen molar-refractivity contribution < 1.29 is 14.3 Å². The van der Waals surface area contributed by atoms with E-state index in [0.717, 1.165) is 11.4 Å². The van der Waals surface area contributed by atoms with Gasteiger partial charge in [0, 0.05) is 24.7 Å². The summed E-state index contributed by atoms with van der Waals surface area (Å²) < 4.78 is 7.52. The van der Waals surface area contributed by atoms with Crippen molar-refractivity contribution in [2.45, 2.75) is 52.8 Å². The highest BCUT2D eigenvalue weighted by Crippen LogP contribution is 2.33. The van der Waals surface area contributed by atoms with Crippen LogP contribution in [0, 0.1) is 13.8 Å². The Bertz CT molecular complexity index is 846. The minimum absolute atomic E-state index is 0.0536. The number of benzene rings is 1. The molecular weight excluding hydrogens is 344 g/mol. The number of nitrogens with zero attached hydrogens (tertiary/aromatic N) is 3. The number of nitrogens with one attached hydrogen (secondary N) is 1. The van der Waals surface area contributed by atoms with E-state index in [1.807, 2.05) is 55.8 Å². The standard InChI is InChI=1S/C20H26N4O3/c1-13-11-15(3)24(22-13)12-14(2)21-19(25)9-10-23-17-7-5-6-8-18(17)27-16(4)20(23)26/h5-8,11,14,16H,9-10,12H2,1-4H3,(H,21,25). The number of rotatable bonds is 6. The first-order chi connectivity index (χ1) is 12.8. The second-order valence-corrected chi connectivity index (χ2v) is 7.05. The number of aromatic nitrogens is 2. The molecule has 1 aliphatic heterocycles. The van der Waals surface area contributed by atoms with Gasteiger partial charge in [0.2, 0.25) is 5.91 Å². The van der Waals surface area contributed by atoms with Gasteiger partial charge in [0.05, 0.1) is 17.9 Å². The Hall–Kier alpha value is -2.83. The maximum atomic E-state index is 12.5. The monoisotopic (exact) mass is 370 g/mol. The first kappa shape index (κ1) is 18.9. The van der Waals surface area contributed by atoms with Gasteiger partial charge >= 0.3 is 0 Å². The van der Waals surface area contributed by atoms with Crippen LogP contribution in [0.3, 0.4) is 0 Å². The fourth-order valence-corrected chi connectivity index (χ4v) is 3.31. The van der Waals surface area contributed by atoms with Crippen molar-refractivity contribution in [3.05, 3.63) is 41.7 Å². The van der Waals surface area contributed by atoms with E-state index < -0.39 is 6.10 Å². The Morgan fingerprint density at radius 2 is 2.07 bits per heavy atom. The van der Waals surface area contributed by atoms with Crippen LogP contribution in [-0.4, -0.2) is 40.3 Å². The molecule has 2 heterocycles. The minimum atomic E-state index is -0.548. The molecule has 7 nitrogen and oxygen atoms in total. The van der Waals surface area contributed by atoms with Crippen LogP contribution < -0.4 is 15.0 Å². The van der Waals surface area contributed by atoms with E-state index in [1.165, 1.54) is 0 Å². The van der Waals surface area contributed by atoms with Crippen molar-refractivity contribution in [1.29, 1.82) is 0 Å². The molecule has 144 valence electrons. The van der Waals surface area contributed by atoms with Crippen LogP contribution in [0.15, 0.2) is 30.3 Å². The number of fused-ring (bicyclic) bond motifs is 1. The van der Waals surface area contributed by atoms with Crippen LogP contribution in [0.4, 0.5) is 5.69 Å². The summed E-state index contributed by atoms with van der Waals surface area (Å²) in [4.78, 5) is 26.5. The Morgan fingerprint density at radius 1 is 1.33 bits per heavy atom. The van der Waals surface area contributed by atoms with Crippen molar-refractivity contribution >= 4 is 17.5 Å². The molecule has 3 rings (SSSR count). The summed E-state index contributed by atoms with van der Waals surface area (Å²) in [7, 11) is 0. The molecule has 0 radical (unpaired) electrons. The average molecular weight is 370 g/mol. The first-order valence-electron chi connectivity index (χ1n) is 9.22. The molecule has 0 saturated carbocycles. The summed E-state index contributed by atoms with van der Waals surface area (Å²) in [5, 5.41) is 7.40. The van der Waals surface area contributed by atoms with Crippen LogP contribution in [-0.2, 0) is 16.1 Å². The number of carbonyl (C=O) groups excluding carboxylic acids is 2. The predicted molar refractivity (Wildman–Crippen MR) is 103 cm³/mol. The normalized spacial score (nSPS) is 17.3. The van der Waals surface area contributed by atoms with Crippen molar-refractivity contribution in [2.75, 3.05) is 11.4 Å². The van der Waals surface area contributed by atoms with E-state index in [0.29, 0.717) is 24.5 Å². The van der Waals surface area contributed by atoms with Crippen molar-refractivity contribution in [1.82, 2.24) is 15.1 Å². The van der Waals surface area contributed by atoms with Crippen LogP contribution in [0.5, 0.6) is 5.75 Å². The zero-order chi connectivity index (χ0) is 19.6. The Morgan fingerprint density at radius 3 is 2.78 bits per heavy atom. The SMILES string of the molecule is Cc1cc(C)n(CC(C)NC(=O)CCN2C(=O)C(C)Oc3ccccc32)n1. The first-order valence-corrected chi connectivity index (χ1v) is 9.22. The highest BCUT2D eigenvalue weighted by atomic mass is 16.5. The fourth-order valence-electron chi connectivity index (χ4n) is 3.31. The molecule has 2 unspecified atom stereocenters. The van der Waals surface area contributed by atoms with E-state index in [9.17, 15) is 9.59 Å². The fraction of sp³-hybridized carbons (Fsp3) is 0.450. The summed E-state index contributed by atoms with van der Waals surface area (Å²) >= 11 is 0. The van der Waals surface area contributed by atoms with E-state index in [1.54, 1.807) is 11.8 Å². The lowest BCUT2D eigenvalue weighted by atomic mass is 10.1. The largest absolute Gasteiger partial charge is 0.479 e. The van der Waals surface area contributed by atoms with Crippen LogP contribution in [0.2, 0.25) is 0 Å². The molecule has 0 aliphatic carbocycles. The average Bonchev–Trinajstić information content (AvgIpc) is 2.92. The van der Waals surface area contributed by atoms with Gasteiger partial charge < -0.3 is 15.0 Å². The van der Waals surface area contributed by atoms with Gasteiger partial charge in [-0.3, -0.25) is 14.3 Å². The summed E-state index contributed by atoms with van der Waals surface area (Å²) in [6.45, 7) is 8.55. The molecule has 2 atom stereocenters. The van der Waals surface area contributed by atoms with Crippen LogP contribution >= 0.6 is 0 Å². The van der Waals surface area contributed by atoms with Gasteiger partial charge in [-0.15, -0.1) is 0 Å². The summed E-state index contributed by atoms with van der Waals surface area (Å²) in [6, 6.07) is 9.35. The van der Waals surface area contributed by atoms with Crippen LogP contribution in [0.25, 0.3) is 0 Å². The van der Waals surface area contributed by atoms with Gasteiger partial charge in [0.15, 0.2) is 6.10 Å². The quantitative estimate of drug-likeness (QED) is 0.846. The number of amides is 2. The lowest BCUT2D eigenvalue weighted by Gasteiger charge is -2.32. The third kappa shape index (κ3) is 4.30. The van der Waals surface area contributed by atoms with Gasteiger partial charge in [0.25, 0.3) is 5.91 Å². The number of anilines is 1. The summed E-state index contributed by atoms with van der Waals surface area (Å²) in [5.74, 6) is 0.452. The number of carbonyl (C=O) groups is 2. The number of ether oxygens (including phenoxy) is 1. The predicted octanol–water partition coefficient (Wildman–Crippen LogP) is 2.21. The number of para-hydroxylation sites is 2. The molecule has 2 aromatic rings. The minimum Gasteiger partial charge on any atom is -0.479 e. The number of aryl methyl sites for hydroxylation is 2. The molecule has 27 heavy (non-hydrogen) atoms. The van der Waals surface area contributed by atoms with E-state index >= 15 is 0 Å². The van der Waals surface area contributed by atoms with E-state index in [2.05, 4.69) is 10.4 Å². The molecule has 1 aromatic heterocycles. The molecule has 7 heteroatoms. The van der Waals surface area contributed by atoms with Gasteiger partial charge in [-0.1, -0.05) is 12.1 Å². The van der Waals surface area contributed by atoms with Crippen molar-refractivity contribution in [3.63, 3.8) is 0 Å². The molecule has 1 N–H and O–H groups in total. The highest BCUT2D eigenvalue weighted by Gasteiger charge is 2.31. The maximum Gasteiger partial charge on any atom is 0.267 e. The van der Waals surface area contributed by atoms with Crippen molar-refractivity contribution in [2.24, 2.45) is 0 Å². The van der Waals surface area contributed by atoms with E-state index in [-0.39, 0.29) is 24.3 Å². The molecule has 0 saturated heterocycles. The second kappa shape index (κ2) is 7.82. The molecule has 1 aromatic carbocycles. The second-order valence-electron chi connectivity index (χ2n) is 7.05. The summed E-state index contributed by atoms with van der Waals surface area (Å²) in [5.41, 5.74) is 2.74. The van der Waals surface area contributed by atoms with E-state index in [4.69, 9.17) is 4.74 Å². The Kier molecular flexibility index (Phi) is 5.48. The number of hydrogen-bond acceptors (Lipinski definition) is 4. The zero-order valence-corrected chi connectivity index (χ0v) is 16.2. The zero-order valence-electron chi connectivity index (χ0n) is 16.2. The molecule has 0 spiro atoms. The molecule has 2 amide bonds. The molecule has 0 fully saturated rings.